The summed E-state index contributed by atoms with van der Waals surface area (Å²) in [5.74, 6) is 0.708. The number of hydrogen-bond donors (Lipinski definition) is 0. The molecule has 2 aromatic rings. The van der Waals surface area contributed by atoms with Gasteiger partial charge in [-0.05, 0) is 49.4 Å². The number of benzene rings is 2. The maximum Gasteiger partial charge on any atom is 0.266 e. The molecule has 0 bridgehead atoms. The molecule has 2 aromatic carbocycles. The summed E-state index contributed by atoms with van der Waals surface area (Å²) in [4.78, 5) is 20.0. The van der Waals surface area contributed by atoms with Crippen molar-refractivity contribution in [3.05, 3.63) is 65.1 Å². The zero-order valence-corrected chi connectivity index (χ0v) is 17.8. The normalized spacial score (nSPS) is 17.9. The van der Waals surface area contributed by atoms with Gasteiger partial charge in [0.25, 0.3) is 5.91 Å². The highest BCUT2D eigenvalue weighted by Gasteiger charge is 2.33. The number of nitrogens with zero attached hydrogens (tertiary/aromatic N) is 2. The van der Waals surface area contributed by atoms with Gasteiger partial charge in [0.2, 0.25) is 0 Å². The molecule has 1 fully saturated rings. The van der Waals surface area contributed by atoms with E-state index in [2.05, 4.69) is 11.9 Å². The van der Waals surface area contributed by atoms with E-state index in [1.54, 1.807) is 12.0 Å². The van der Waals surface area contributed by atoms with Crippen LogP contribution in [-0.2, 0) is 9.53 Å². The van der Waals surface area contributed by atoms with Crippen molar-refractivity contribution in [3.8, 4) is 5.75 Å². The monoisotopic (exact) mass is 410 g/mol. The van der Waals surface area contributed by atoms with E-state index in [1.165, 1.54) is 11.8 Å². The van der Waals surface area contributed by atoms with Crippen molar-refractivity contribution in [3.63, 3.8) is 0 Å². The standard InChI is InChI=1S/C23H26N2O3S/c1-4-17(2)28-20-13-9-8-10-18(20)16-21-22(26)25(14-15-27-3)23(29-21)24-19-11-6-5-7-12-19/h5-13,16-17H,4,14-15H2,1-3H3/b21-16+,24-23?. The molecule has 0 spiro atoms. The zero-order chi connectivity index (χ0) is 20.6. The molecule has 1 saturated heterocycles. The molecule has 0 aromatic heterocycles. The third-order valence-electron chi connectivity index (χ3n) is 4.50. The lowest BCUT2D eigenvalue weighted by atomic mass is 10.1. The van der Waals surface area contributed by atoms with Crippen LogP contribution >= 0.6 is 11.8 Å². The molecule has 0 N–H and O–H groups in total. The SMILES string of the molecule is CCC(C)Oc1ccccc1/C=C1/SC(=Nc2ccccc2)N(CCOC)C1=O. The van der Waals surface area contributed by atoms with Gasteiger partial charge in [-0.15, -0.1) is 0 Å². The molecule has 1 unspecified atom stereocenters. The Hall–Kier alpha value is -2.57. The van der Waals surface area contributed by atoms with E-state index in [0.717, 1.165) is 23.4 Å². The van der Waals surface area contributed by atoms with Crippen molar-refractivity contribution >= 4 is 34.6 Å². The second-order valence-corrected chi connectivity index (χ2v) is 7.67. The van der Waals surface area contributed by atoms with E-state index < -0.39 is 0 Å². The second kappa shape index (κ2) is 10.3. The van der Waals surface area contributed by atoms with Gasteiger partial charge < -0.3 is 9.47 Å². The van der Waals surface area contributed by atoms with Gasteiger partial charge in [0.15, 0.2) is 5.17 Å². The van der Waals surface area contributed by atoms with Crippen LogP contribution in [0.4, 0.5) is 5.69 Å². The molecule has 29 heavy (non-hydrogen) atoms. The number of aliphatic imine (C=N–C) groups is 1. The van der Waals surface area contributed by atoms with Crippen molar-refractivity contribution < 1.29 is 14.3 Å². The van der Waals surface area contributed by atoms with E-state index in [9.17, 15) is 4.79 Å². The molecule has 5 nitrogen and oxygen atoms in total. The van der Waals surface area contributed by atoms with Gasteiger partial charge >= 0.3 is 0 Å². The molecule has 1 aliphatic rings. The summed E-state index contributed by atoms with van der Waals surface area (Å²) < 4.78 is 11.2. The number of hydrogen-bond acceptors (Lipinski definition) is 5. The van der Waals surface area contributed by atoms with E-state index in [4.69, 9.17) is 9.47 Å². The van der Waals surface area contributed by atoms with E-state index in [0.29, 0.717) is 23.2 Å². The van der Waals surface area contributed by atoms with Crippen LogP contribution in [0.15, 0.2) is 64.5 Å². The number of amides is 1. The molecule has 3 rings (SSSR count). The first kappa shape index (κ1) is 21.1. The summed E-state index contributed by atoms with van der Waals surface area (Å²) in [6.07, 6.45) is 2.91. The molecule has 1 atom stereocenters. The molecule has 0 aliphatic carbocycles. The maximum atomic E-state index is 13.1. The molecule has 0 radical (unpaired) electrons. The molecule has 1 amide bonds. The lowest BCUT2D eigenvalue weighted by molar-refractivity contribution is -0.122. The number of ether oxygens (including phenoxy) is 2. The van der Waals surface area contributed by atoms with Gasteiger partial charge in [-0.25, -0.2) is 4.99 Å². The smallest absolute Gasteiger partial charge is 0.266 e. The summed E-state index contributed by atoms with van der Waals surface area (Å²) in [6, 6.07) is 17.4. The van der Waals surface area contributed by atoms with Crippen LogP contribution < -0.4 is 4.74 Å². The van der Waals surface area contributed by atoms with Gasteiger partial charge in [-0.2, -0.15) is 0 Å². The highest BCUT2D eigenvalue weighted by Crippen LogP contribution is 2.35. The Labute approximate surface area is 176 Å². The maximum absolute atomic E-state index is 13.1. The minimum Gasteiger partial charge on any atom is -0.490 e. The van der Waals surface area contributed by atoms with Crippen LogP contribution in [0.5, 0.6) is 5.75 Å². The number of rotatable bonds is 8. The number of para-hydroxylation sites is 2. The van der Waals surface area contributed by atoms with Crippen LogP contribution in [0.1, 0.15) is 25.8 Å². The quantitative estimate of drug-likeness (QED) is 0.567. The molecule has 152 valence electrons. The summed E-state index contributed by atoms with van der Waals surface area (Å²) in [6.45, 7) is 5.02. The van der Waals surface area contributed by atoms with Crippen LogP contribution in [0, 0.1) is 0 Å². The fourth-order valence-electron chi connectivity index (χ4n) is 2.73. The third-order valence-corrected chi connectivity index (χ3v) is 5.50. The Balaban J connectivity index is 1.92. The van der Waals surface area contributed by atoms with E-state index in [-0.39, 0.29) is 12.0 Å². The number of thioether (sulfide) groups is 1. The average Bonchev–Trinajstić information content (AvgIpc) is 3.02. The number of carbonyl (C=O) groups is 1. The molecule has 6 heteroatoms. The molecule has 0 saturated carbocycles. The first-order valence-electron chi connectivity index (χ1n) is 9.72. The van der Waals surface area contributed by atoms with E-state index in [1.807, 2.05) is 67.6 Å². The topological polar surface area (TPSA) is 51.1 Å². The first-order valence-corrected chi connectivity index (χ1v) is 10.5. The third kappa shape index (κ3) is 5.49. The van der Waals surface area contributed by atoms with Gasteiger partial charge in [0.1, 0.15) is 5.75 Å². The van der Waals surface area contributed by atoms with Crippen LogP contribution in [0.3, 0.4) is 0 Å². The minimum atomic E-state index is -0.0694. The fourth-order valence-corrected chi connectivity index (χ4v) is 3.75. The molecular weight excluding hydrogens is 384 g/mol. The predicted octanol–water partition coefficient (Wildman–Crippen LogP) is 5.11. The Morgan fingerprint density at radius 3 is 2.59 bits per heavy atom. The molecule has 1 heterocycles. The number of amidine groups is 1. The summed E-state index contributed by atoms with van der Waals surface area (Å²) in [5.41, 5.74) is 1.70. The average molecular weight is 411 g/mol. The lowest BCUT2D eigenvalue weighted by Gasteiger charge is -2.15. The van der Waals surface area contributed by atoms with Crippen molar-refractivity contribution in [2.24, 2.45) is 4.99 Å². The fraction of sp³-hybridized carbons (Fsp3) is 0.304. The first-order chi connectivity index (χ1) is 14.1. The van der Waals surface area contributed by atoms with Crippen LogP contribution in [-0.4, -0.2) is 42.3 Å². The van der Waals surface area contributed by atoms with Gasteiger partial charge in [0, 0.05) is 12.7 Å². The largest absolute Gasteiger partial charge is 0.490 e. The second-order valence-electron chi connectivity index (χ2n) is 6.66. The number of methoxy groups -OCH3 is 1. The zero-order valence-electron chi connectivity index (χ0n) is 17.0. The van der Waals surface area contributed by atoms with Crippen molar-refractivity contribution in [2.75, 3.05) is 20.3 Å². The Morgan fingerprint density at radius 1 is 1.14 bits per heavy atom. The molecule has 1 aliphatic heterocycles. The highest BCUT2D eigenvalue weighted by atomic mass is 32.2. The Kier molecular flexibility index (Phi) is 7.49. The van der Waals surface area contributed by atoms with Crippen molar-refractivity contribution in [1.82, 2.24) is 4.90 Å². The van der Waals surface area contributed by atoms with Gasteiger partial charge in [-0.1, -0.05) is 43.3 Å². The Bertz CT molecular complexity index is 896. The van der Waals surface area contributed by atoms with Gasteiger partial charge in [-0.3, -0.25) is 9.69 Å². The highest BCUT2D eigenvalue weighted by molar-refractivity contribution is 8.18. The van der Waals surface area contributed by atoms with Crippen LogP contribution in [0.2, 0.25) is 0 Å². The number of carbonyl (C=O) groups excluding carboxylic acids is 1. The van der Waals surface area contributed by atoms with Gasteiger partial charge in [0.05, 0.1) is 29.8 Å². The van der Waals surface area contributed by atoms with Crippen molar-refractivity contribution in [1.29, 1.82) is 0 Å². The summed E-state index contributed by atoms with van der Waals surface area (Å²) in [5, 5.41) is 0.657. The minimum absolute atomic E-state index is 0.0694. The lowest BCUT2D eigenvalue weighted by Crippen LogP contribution is -2.32. The van der Waals surface area contributed by atoms with Crippen molar-refractivity contribution in [2.45, 2.75) is 26.4 Å². The van der Waals surface area contributed by atoms with E-state index >= 15 is 0 Å². The van der Waals surface area contributed by atoms with Crippen LogP contribution in [0.25, 0.3) is 6.08 Å². The predicted molar refractivity (Wildman–Crippen MR) is 120 cm³/mol. The Morgan fingerprint density at radius 2 is 1.86 bits per heavy atom. The molecular formula is C23H26N2O3S. The summed E-state index contributed by atoms with van der Waals surface area (Å²) >= 11 is 1.38. The summed E-state index contributed by atoms with van der Waals surface area (Å²) in [7, 11) is 1.63.